The van der Waals surface area contributed by atoms with Gasteiger partial charge in [-0.25, -0.2) is 4.98 Å². The second kappa shape index (κ2) is 4.79. The third-order valence-corrected chi connectivity index (χ3v) is 4.19. The van der Waals surface area contributed by atoms with Crippen LogP contribution in [0, 0.1) is 0 Å². The summed E-state index contributed by atoms with van der Waals surface area (Å²) in [5.74, 6) is 0. The first-order valence-corrected chi connectivity index (χ1v) is 7.19. The zero-order valence-electron chi connectivity index (χ0n) is 10.3. The monoisotopic (exact) mass is 290 g/mol. The number of halogens is 1. The lowest BCUT2D eigenvalue weighted by Crippen LogP contribution is -2.19. The molecule has 0 saturated carbocycles. The maximum absolute atomic E-state index is 12.4. The van der Waals surface area contributed by atoms with Crippen LogP contribution in [0.1, 0.15) is 6.92 Å². The lowest BCUT2D eigenvalue weighted by molar-refractivity contribution is 0.718. The van der Waals surface area contributed by atoms with Gasteiger partial charge in [-0.15, -0.1) is 11.3 Å². The molecule has 0 radical (unpaired) electrons. The number of benzene rings is 1. The minimum atomic E-state index is 0.0127. The van der Waals surface area contributed by atoms with E-state index in [1.165, 1.54) is 11.3 Å². The van der Waals surface area contributed by atoms with Crippen LogP contribution in [0.3, 0.4) is 0 Å². The van der Waals surface area contributed by atoms with Gasteiger partial charge >= 0.3 is 0 Å². The molecule has 0 fully saturated rings. The van der Waals surface area contributed by atoms with Crippen LogP contribution in [0.2, 0.25) is 5.02 Å². The first-order valence-electron chi connectivity index (χ1n) is 5.93. The van der Waals surface area contributed by atoms with Gasteiger partial charge < -0.3 is 0 Å². The highest BCUT2D eigenvalue weighted by Crippen LogP contribution is 2.31. The lowest BCUT2D eigenvalue weighted by Gasteiger charge is -2.03. The van der Waals surface area contributed by atoms with Crippen LogP contribution in [0.5, 0.6) is 0 Å². The summed E-state index contributed by atoms with van der Waals surface area (Å²) in [6.07, 6.45) is 1.60. The average molecular weight is 291 g/mol. The molecule has 0 aliphatic carbocycles. The predicted octanol–water partition coefficient (Wildman–Crippen LogP) is 3.80. The second-order valence-corrected chi connectivity index (χ2v) is 5.47. The number of hydrogen-bond donors (Lipinski definition) is 0. The van der Waals surface area contributed by atoms with Crippen LogP contribution in [0.4, 0.5) is 0 Å². The fraction of sp³-hybridized carbons (Fsp3) is 0.143. The van der Waals surface area contributed by atoms with Crippen LogP contribution in [0.15, 0.2) is 40.8 Å². The summed E-state index contributed by atoms with van der Waals surface area (Å²) in [5, 5.41) is 3.35. The first-order chi connectivity index (χ1) is 9.20. The molecule has 0 saturated heterocycles. The largest absolute Gasteiger partial charge is 0.299 e. The third kappa shape index (κ3) is 2.07. The molecule has 19 heavy (non-hydrogen) atoms. The zero-order chi connectivity index (χ0) is 13.4. The van der Waals surface area contributed by atoms with Crippen LogP contribution in [0.25, 0.3) is 21.3 Å². The van der Waals surface area contributed by atoms with E-state index in [9.17, 15) is 4.79 Å². The van der Waals surface area contributed by atoms with Gasteiger partial charge in [0.25, 0.3) is 5.56 Å². The topological polar surface area (TPSA) is 34.9 Å². The normalized spacial score (nSPS) is 11.1. The summed E-state index contributed by atoms with van der Waals surface area (Å²) in [6.45, 7) is 2.56. The Morgan fingerprint density at radius 3 is 2.74 bits per heavy atom. The van der Waals surface area contributed by atoms with Crippen LogP contribution in [-0.2, 0) is 6.54 Å². The number of rotatable bonds is 2. The van der Waals surface area contributed by atoms with Gasteiger partial charge in [0.05, 0.1) is 11.7 Å². The minimum Gasteiger partial charge on any atom is -0.299 e. The molecule has 3 rings (SSSR count). The van der Waals surface area contributed by atoms with Crippen molar-refractivity contribution in [1.82, 2.24) is 9.55 Å². The van der Waals surface area contributed by atoms with Gasteiger partial charge in [-0.2, -0.15) is 0 Å². The Morgan fingerprint density at radius 1 is 1.32 bits per heavy atom. The Hall–Kier alpha value is -1.65. The smallest absolute Gasteiger partial charge is 0.262 e. The highest BCUT2D eigenvalue weighted by Gasteiger charge is 2.12. The van der Waals surface area contributed by atoms with Crippen LogP contribution in [-0.4, -0.2) is 9.55 Å². The number of aryl methyl sites for hydroxylation is 1. The predicted molar refractivity (Wildman–Crippen MR) is 80.0 cm³/mol. The highest BCUT2D eigenvalue weighted by molar-refractivity contribution is 7.17. The Labute approximate surface area is 119 Å². The number of fused-ring (bicyclic) bond motifs is 1. The summed E-state index contributed by atoms with van der Waals surface area (Å²) in [6, 6.07) is 7.50. The van der Waals surface area contributed by atoms with Gasteiger partial charge in [0.1, 0.15) is 4.83 Å². The molecule has 0 amide bonds. The van der Waals surface area contributed by atoms with Crippen molar-refractivity contribution in [2.45, 2.75) is 13.5 Å². The maximum atomic E-state index is 12.4. The number of aromatic nitrogens is 2. The summed E-state index contributed by atoms with van der Waals surface area (Å²) in [5.41, 5.74) is 1.93. The standard InChI is InChI=1S/C14H11ClN2OS/c1-2-17-8-16-13-12(14(17)18)11(7-19-13)9-3-5-10(15)6-4-9/h3-8H,2H2,1H3. The molecule has 0 spiro atoms. The zero-order valence-corrected chi connectivity index (χ0v) is 11.8. The van der Waals surface area contributed by atoms with Gasteiger partial charge in [-0.3, -0.25) is 9.36 Å². The van der Waals surface area contributed by atoms with E-state index >= 15 is 0 Å². The molecule has 0 N–H and O–H groups in total. The Balaban J connectivity index is 2.30. The van der Waals surface area contributed by atoms with Gasteiger partial charge in [0.2, 0.25) is 0 Å². The van der Waals surface area contributed by atoms with Crippen molar-refractivity contribution >= 4 is 33.2 Å². The van der Waals surface area contributed by atoms with Crippen molar-refractivity contribution < 1.29 is 0 Å². The molecule has 2 heterocycles. The quantitative estimate of drug-likeness (QED) is 0.719. The molecule has 0 aliphatic rings. The molecule has 5 heteroatoms. The molecule has 1 aromatic carbocycles. The van der Waals surface area contributed by atoms with Gasteiger partial charge in [0, 0.05) is 22.5 Å². The van der Waals surface area contributed by atoms with Gasteiger partial charge in [0.15, 0.2) is 0 Å². The number of nitrogens with zero attached hydrogens (tertiary/aromatic N) is 2. The third-order valence-electron chi connectivity index (χ3n) is 3.06. The van der Waals surface area contributed by atoms with Crippen molar-refractivity contribution in [3.63, 3.8) is 0 Å². The van der Waals surface area contributed by atoms with E-state index in [1.54, 1.807) is 10.9 Å². The fourth-order valence-electron chi connectivity index (χ4n) is 2.03. The summed E-state index contributed by atoms with van der Waals surface area (Å²) >= 11 is 7.38. The number of thiophene rings is 1. The van der Waals surface area contributed by atoms with Crippen molar-refractivity contribution in [3.8, 4) is 11.1 Å². The summed E-state index contributed by atoms with van der Waals surface area (Å²) in [4.78, 5) is 17.5. The van der Waals surface area contributed by atoms with E-state index in [-0.39, 0.29) is 5.56 Å². The molecule has 96 valence electrons. The van der Waals surface area contributed by atoms with Crippen molar-refractivity contribution in [1.29, 1.82) is 0 Å². The van der Waals surface area contributed by atoms with E-state index in [1.807, 2.05) is 36.6 Å². The van der Waals surface area contributed by atoms with E-state index < -0.39 is 0 Å². The molecular formula is C14H11ClN2OS. The maximum Gasteiger partial charge on any atom is 0.262 e. The molecule has 0 aliphatic heterocycles. The Bertz CT molecular complexity index is 789. The summed E-state index contributed by atoms with van der Waals surface area (Å²) in [7, 11) is 0. The second-order valence-electron chi connectivity index (χ2n) is 4.17. The fourth-order valence-corrected chi connectivity index (χ4v) is 3.07. The van der Waals surface area contributed by atoms with Gasteiger partial charge in [-0.1, -0.05) is 23.7 Å². The minimum absolute atomic E-state index is 0.0127. The summed E-state index contributed by atoms with van der Waals surface area (Å²) < 4.78 is 1.62. The van der Waals surface area contributed by atoms with E-state index in [0.717, 1.165) is 16.0 Å². The van der Waals surface area contributed by atoms with Crippen LogP contribution < -0.4 is 5.56 Å². The number of hydrogen-bond acceptors (Lipinski definition) is 3. The van der Waals surface area contributed by atoms with E-state index in [2.05, 4.69) is 4.98 Å². The molecule has 2 aromatic heterocycles. The van der Waals surface area contributed by atoms with E-state index in [4.69, 9.17) is 11.6 Å². The molecular weight excluding hydrogens is 280 g/mol. The SMILES string of the molecule is CCn1cnc2scc(-c3ccc(Cl)cc3)c2c1=O. The molecule has 0 bridgehead atoms. The Morgan fingerprint density at radius 2 is 2.05 bits per heavy atom. The first kappa shape index (κ1) is 12.4. The van der Waals surface area contributed by atoms with Crippen LogP contribution >= 0.6 is 22.9 Å². The molecule has 0 atom stereocenters. The van der Waals surface area contributed by atoms with Crippen molar-refractivity contribution in [2.24, 2.45) is 0 Å². The lowest BCUT2D eigenvalue weighted by atomic mass is 10.1. The molecule has 3 nitrogen and oxygen atoms in total. The average Bonchev–Trinajstić information content (AvgIpc) is 2.85. The Kier molecular flexibility index (Phi) is 3.12. The van der Waals surface area contributed by atoms with Crippen molar-refractivity contribution in [2.75, 3.05) is 0 Å². The van der Waals surface area contributed by atoms with E-state index in [0.29, 0.717) is 17.0 Å². The van der Waals surface area contributed by atoms with Gasteiger partial charge in [-0.05, 0) is 24.6 Å². The highest BCUT2D eigenvalue weighted by atomic mass is 35.5. The van der Waals surface area contributed by atoms with Crippen molar-refractivity contribution in [3.05, 3.63) is 51.3 Å². The molecule has 0 unspecified atom stereocenters. The molecule has 3 aromatic rings.